The first-order valence-electron chi connectivity index (χ1n) is 4.80. The van der Waals surface area contributed by atoms with E-state index in [2.05, 4.69) is 45.3 Å². The van der Waals surface area contributed by atoms with E-state index >= 15 is 0 Å². The molecule has 0 aliphatic heterocycles. The Labute approximate surface area is 97.2 Å². The Morgan fingerprint density at radius 2 is 1.93 bits per heavy atom. The molecule has 0 N–H and O–H groups in total. The van der Waals surface area contributed by atoms with Gasteiger partial charge in [0.1, 0.15) is 0 Å². The van der Waals surface area contributed by atoms with E-state index in [4.69, 9.17) is 0 Å². The van der Waals surface area contributed by atoms with Gasteiger partial charge in [-0.25, -0.2) is 4.68 Å². The fraction of sp³-hybridized carbons (Fsp3) is 0.273. The number of aromatic nitrogens is 3. The minimum absolute atomic E-state index is 0.233. The van der Waals surface area contributed by atoms with Crippen molar-refractivity contribution < 1.29 is 0 Å². The number of hydrogen-bond acceptors (Lipinski definition) is 2. The van der Waals surface area contributed by atoms with Gasteiger partial charge in [0.2, 0.25) is 0 Å². The Morgan fingerprint density at radius 3 is 2.47 bits per heavy atom. The lowest BCUT2D eigenvalue weighted by Crippen LogP contribution is -1.94. The molecule has 78 valence electrons. The van der Waals surface area contributed by atoms with Crippen LogP contribution in [0.5, 0.6) is 0 Å². The van der Waals surface area contributed by atoms with Crippen LogP contribution in [0.1, 0.15) is 23.0 Å². The van der Waals surface area contributed by atoms with Crippen LogP contribution in [-0.4, -0.2) is 15.0 Å². The van der Waals surface area contributed by atoms with Crippen molar-refractivity contribution in [3.63, 3.8) is 0 Å². The van der Waals surface area contributed by atoms with Crippen molar-refractivity contribution in [2.24, 2.45) is 0 Å². The predicted molar refractivity (Wildman–Crippen MR) is 63.4 cm³/mol. The van der Waals surface area contributed by atoms with Crippen molar-refractivity contribution in [1.29, 1.82) is 0 Å². The molecule has 0 saturated carbocycles. The maximum Gasteiger partial charge on any atom is 0.0965 e. The number of benzene rings is 1. The van der Waals surface area contributed by atoms with E-state index in [0.29, 0.717) is 0 Å². The minimum Gasteiger partial charge on any atom is -0.220 e. The standard InChI is InChI=1S/C11H12BrN3/c1-8-3-5-10(6-4-8)15-7-11(9(2)12)13-14-15/h3-7,9H,1-2H3. The van der Waals surface area contributed by atoms with Gasteiger partial charge in [-0.1, -0.05) is 38.8 Å². The summed E-state index contributed by atoms with van der Waals surface area (Å²) in [7, 11) is 0. The Balaban J connectivity index is 2.33. The van der Waals surface area contributed by atoms with E-state index in [1.165, 1.54) is 5.56 Å². The van der Waals surface area contributed by atoms with Crippen molar-refractivity contribution >= 4 is 15.9 Å². The minimum atomic E-state index is 0.233. The van der Waals surface area contributed by atoms with Gasteiger partial charge in [0.15, 0.2) is 0 Å². The van der Waals surface area contributed by atoms with Crippen LogP contribution in [0.15, 0.2) is 30.5 Å². The second-order valence-corrected chi connectivity index (χ2v) is 4.91. The molecule has 0 radical (unpaired) electrons. The molecule has 1 heterocycles. The van der Waals surface area contributed by atoms with Crippen LogP contribution in [0.2, 0.25) is 0 Å². The molecular weight excluding hydrogens is 254 g/mol. The molecule has 2 aromatic rings. The number of nitrogens with zero attached hydrogens (tertiary/aromatic N) is 3. The SMILES string of the molecule is Cc1ccc(-n2cc(C(C)Br)nn2)cc1. The summed E-state index contributed by atoms with van der Waals surface area (Å²) < 4.78 is 1.78. The molecule has 0 aliphatic rings. The average molecular weight is 266 g/mol. The topological polar surface area (TPSA) is 30.7 Å². The molecular formula is C11H12BrN3. The van der Waals surface area contributed by atoms with Crippen molar-refractivity contribution in [3.8, 4) is 5.69 Å². The fourth-order valence-electron chi connectivity index (χ4n) is 1.28. The highest BCUT2D eigenvalue weighted by Gasteiger charge is 2.06. The molecule has 0 amide bonds. The molecule has 0 aliphatic carbocycles. The van der Waals surface area contributed by atoms with Gasteiger partial charge in [-0.05, 0) is 26.0 Å². The summed E-state index contributed by atoms with van der Waals surface area (Å²) in [6.07, 6.45) is 1.93. The van der Waals surface area contributed by atoms with E-state index in [9.17, 15) is 0 Å². The summed E-state index contributed by atoms with van der Waals surface area (Å²) in [6.45, 7) is 4.10. The summed E-state index contributed by atoms with van der Waals surface area (Å²) in [5, 5.41) is 8.15. The molecule has 15 heavy (non-hydrogen) atoms. The first-order chi connectivity index (χ1) is 7.16. The lowest BCUT2D eigenvalue weighted by atomic mass is 10.2. The van der Waals surface area contributed by atoms with Crippen molar-refractivity contribution in [2.75, 3.05) is 0 Å². The van der Waals surface area contributed by atoms with Crippen molar-refractivity contribution in [2.45, 2.75) is 18.7 Å². The summed E-state index contributed by atoms with van der Waals surface area (Å²) in [6, 6.07) is 8.20. The van der Waals surface area contributed by atoms with E-state index in [-0.39, 0.29) is 4.83 Å². The van der Waals surface area contributed by atoms with Crippen LogP contribution >= 0.6 is 15.9 Å². The predicted octanol–water partition coefficient (Wildman–Crippen LogP) is 3.03. The molecule has 1 aromatic carbocycles. The highest BCUT2D eigenvalue weighted by Crippen LogP contribution is 2.19. The Hall–Kier alpha value is -1.16. The normalized spacial score (nSPS) is 12.7. The van der Waals surface area contributed by atoms with Crippen LogP contribution in [0.25, 0.3) is 5.69 Å². The number of alkyl halides is 1. The van der Waals surface area contributed by atoms with Gasteiger partial charge < -0.3 is 0 Å². The highest BCUT2D eigenvalue weighted by molar-refractivity contribution is 9.09. The lowest BCUT2D eigenvalue weighted by molar-refractivity contribution is 0.797. The van der Waals surface area contributed by atoms with Gasteiger partial charge in [0.25, 0.3) is 0 Å². The van der Waals surface area contributed by atoms with Crippen LogP contribution < -0.4 is 0 Å². The maximum atomic E-state index is 4.08. The molecule has 1 unspecified atom stereocenters. The first kappa shape index (κ1) is 10.4. The van der Waals surface area contributed by atoms with Crippen molar-refractivity contribution in [1.82, 2.24) is 15.0 Å². The maximum absolute atomic E-state index is 4.08. The third-order valence-corrected chi connectivity index (χ3v) is 2.69. The number of halogens is 1. The summed E-state index contributed by atoms with van der Waals surface area (Å²) in [4.78, 5) is 0.233. The molecule has 1 aromatic heterocycles. The zero-order valence-corrected chi connectivity index (χ0v) is 10.3. The van der Waals surface area contributed by atoms with Crippen LogP contribution in [0.4, 0.5) is 0 Å². The quantitative estimate of drug-likeness (QED) is 0.782. The van der Waals surface area contributed by atoms with E-state index < -0.39 is 0 Å². The zero-order valence-electron chi connectivity index (χ0n) is 8.68. The van der Waals surface area contributed by atoms with Crippen LogP contribution in [0.3, 0.4) is 0 Å². The zero-order chi connectivity index (χ0) is 10.8. The summed E-state index contributed by atoms with van der Waals surface area (Å²) in [5.74, 6) is 0. The Morgan fingerprint density at radius 1 is 1.27 bits per heavy atom. The molecule has 2 rings (SSSR count). The van der Waals surface area contributed by atoms with Crippen LogP contribution in [-0.2, 0) is 0 Å². The average Bonchev–Trinajstić information content (AvgIpc) is 2.68. The van der Waals surface area contributed by atoms with Crippen molar-refractivity contribution in [3.05, 3.63) is 41.7 Å². The molecule has 0 saturated heterocycles. The summed E-state index contributed by atoms with van der Waals surface area (Å²) >= 11 is 3.46. The molecule has 0 spiro atoms. The number of aryl methyl sites for hydroxylation is 1. The highest BCUT2D eigenvalue weighted by atomic mass is 79.9. The van der Waals surface area contributed by atoms with E-state index in [1.54, 1.807) is 4.68 Å². The molecule has 1 atom stereocenters. The molecule has 0 bridgehead atoms. The molecule has 4 heteroatoms. The van der Waals surface area contributed by atoms with E-state index in [1.807, 2.05) is 25.3 Å². The molecule has 3 nitrogen and oxygen atoms in total. The first-order valence-corrected chi connectivity index (χ1v) is 5.72. The number of hydrogen-bond donors (Lipinski definition) is 0. The lowest BCUT2D eigenvalue weighted by Gasteiger charge is -1.99. The largest absolute Gasteiger partial charge is 0.220 e. The van der Waals surface area contributed by atoms with Gasteiger partial charge in [-0.15, -0.1) is 5.10 Å². The second-order valence-electron chi connectivity index (χ2n) is 3.54. The third-order valence-electron chi connectivity index (χ3n) is 2.22. The van der Waals surface area contributed by atoms with E-state index in [0.717, 1.165) is 11.4 Å². The smallest absolute Gasteiger partial charge is 0.0965 e. The Kier molecular flexibility index (Phi) is 2.86. The monoisotopic (exact) mass is 265 g/mol. The fourth-order valence-corrected chi connectivity index (χ4v) is 1.49. The van der Waals surface area contributed by atoms with Crippen LogP contribution in [0, 0.1) is 6.92 Å². The van der Waals surface area contributed by atoms with Gasteiger partial charge in [0, 0.05) is 0 Å². The van der Waals surface area contributed by atoms with Gasteiger partial charge in [-0.2, -0.15) is 0 Å². The third kappa shape index (κ3) is 2.26. The number of rotatable bonds is 2. The molecule has 0 fully saturated rings. The van der Waals surface area contributed by atoms with Gasteiger partial charge in [0.05, 0.1) is 22.4 Å². The second kappa shape index (κ2) is 4.14. The Bertz CT molecular complexity index is 445. The van der Waals surface area contributed by atoms with Gasteiger partial charge in [-0.3, -0.25) is 0 Å². The summed E-state index contributed by atoms with van der Waals surface area (Å²) in [5.41, 5.74) is 3.22. The van der Waals surface area contributed by atoms with Gasteiger partial charge >= 0.3 is 0 Å².